The van der Waals surface area contributed by atoms with Gasteiger partial charge in [0, 0.05) is 13.0 Å². The molecular formula is C21H28N2O2. The maximum absolute atomic E-state index is 12.7. The van der Waals surface area contributed by atoms with Crippen molar-refractivity contribution < 1.29 is 9.59 Å². The standard InChI is InChI=1S/C21H28N2O2/c1-13(24)22-19(16-5-3-2-4-6-16)12-20(25)23-21-17-8-14-7-15(10-17)11-18(21)9-14/h2-6,14-15,17-19,21H,7-12H2,1H3,(H,22,24)(H,23,25)/t14?,15?,17?,18?,19-,21?/m0/s1. The Hall–Kier alpha value is -1.84. The van der Waals surface area contributed by atoms with Crippen molar-refractivity contribution in [2.24, 2.45) is 23.7 Å². The molecule has 0 radical (unpaired) electrons. The number of carbonyl (C=O) groups excluding carboxylic acids is 2. The molecule has 4 bridgehead atoms. The van der Waals surface area contributed by atoms with Crippen molar-refractivity contribution in [1.82, 2.24) is 10.6 Å². The van der Waals surface area contributed by atoms with E-state index >= 15 is 0 Å². The third-order valence-corrected chi connectivity index (χ3v) is 6.52. The summed E-state index contributed by atoms with van der Waals surface area (Å²) in [5.41, 5.74) is 0.984. The number of hydrogen-bond acceptors (Lipinski definition) is 2. The molecule has 2 N–H and O–H groups in total. The highest BCUT2D eigenvalue weighted by Gasteiger charge is 2.48. The first-order valence-electron chi connectivity index (χ1n) is 9.70. The summed E-state index contributed by atoms with van der Waals surface area (Å²) in [6, 6.07) is 9.88. The van der Waals surface area contributed by atoms with Crippen molar-refractivity contribution >= 4 is 11.8 Å². The summed E-state index contributed by atoms with van der Waals surface area (Å²) in [6.07, 6.45) is 6.92. The first-order chi connectivity index (χ1) is 12.1. The molecule has 4 aliphatic carbocycles. The molecular weight excluding hydrogens is 312 g/mol. The molecule has 0 unspecified atom stereocenters. The summed E-state index contributed by atoms with van der Waals surface area (Å²) < 4.78 is 0. The molecule has 4 heteroatoms. The number of hydrogen-bond donors (Lipinski definition) is 2. The Kier molecular flexibility index (Phi) is 4.53. The van der Waals surface area contributed by atoms with E-state index in [-0.39, 0.29) is 17.9 Å². The Morgan fingerprint density at radius 1 is 1.00 bits per heavy atom. The highest BCUT2D eigenvalue weighted by Crippen LogP contribution is 2.53. The predicted molar refractivity (Wildman–Crippen MR) is 96.6 cm³/mol. The first-order valence-corrected chi connectivity index (χ1v) is 9.70. The zero-order valence-corrected chi connectivity index (χ0v) is 14.9. The quantitative estimate of drug-likeness (QED) is 0.865. The Morgan fingerprint density at radius 3 is 2.16 bits per heavy atom. The molecule has 0 saturated heterocycles. The second-order valence-electron chi connectivity index (χ2n) is 8.39. The van der Waals surface area contributed by atoms with Gasteiger partial charge in [0.1, 0.15) is 0 Å². The maximum atomic E-state index is 12.7. The van der Waals surface area contributed by atoms with Crippen LogP contribution >= 0.6 is 0 Å². The zero-order chi connectivity index (χ0) is 17.4. The van der Waals surface area contributed by atoms with Crippen LogP contribution in [0.3, 0.4) is 0 Å². The first kappa shape index (κ1) is 16.6. The fourth-order valence-electron chi connectivity index (χ4n) is 5.77. The summed E-state index contributed by atoms with van der Waals surface area (Å²) in [6.45, 7) is 1.51. The molecule has 134 valence electrons. The van der Waals surface area contributed by atoms with Gasteiger partial charge in [-0.25, -0.2) is 0 Å². The normalized spacial score (nSPS) is 33.7. The molecule has 4 nitrogen and oxygen atoms in total. The summed E-state index contributed by atoms with van der Waals surface area (Å²) in [7, 11) is 0. The topological polar surface area (TPSA) is 58.2 Å². The molecule has 0 heterocycles. The Morgan fingerprint density at radius 2 is 1.60 bits per heavy atom. The Balaban J connectivity index is 1.41. The minimum absolute atomic E-state index is 0.0695. The molecule has 0 aromatic heterocycles. The van der Waals surface area contributed by atoms with Crippen LogP contribution in [0.4, 0.5) is 0 Å². The summed E-state index contributed by atoms with van der Waals surface area (Å²) in [4.78, 5) is 24.3. The molecule has 1 aromatic rings. The molecule has 1 aromatic carbocycles. The monoisotopic (exact) mass is 340 g/mol. The second-order valence-corrected chi connectivity index (χ2v) is 8.39. The molecule has 2 amide bonds. The van der Waals surface area contributed by atoms with Crippen molar-refractivity contribution in [2.45, 2.75) is 57.5 Å². The summed E-state index contributed by atoms with van der Waals surface area (Å²) in [5, 5.41) is 6.27. The molecule has 0 aliphatic heterocycles. The van der Waals surface area contributed by atoms with Crippen LogP contribution in [0.5, 0.6) is 0 Å². The maximum Gasteiger partial charge on any atom is 0.222 e. The molecule has 4 fully saturated rings. The minimum atomic E-state index is -0.254. The molecule has 1 atom stereocenters. The average Bonchev–Trinajstić information content (AvgIpc) is 2.57. The zero-order valence-electron chi connectivity index (χ0n) is 14.9. The van der Waals surface area contributed by atoms with E-state index in [2.05, 4.69) is 10.6 Å². The lowest BCUT2D eigenvalue weighted by Crippen LogP contribution is -2.56. The Labute approximate surface area is 149 Å². The van der Waals surface area contributed by atoms with E-state index in [9.17, 15) is 9.59 Å². The summed E-state index contributed by atoms with van der Waals surface area (Å²) >= 11 is 0. The Bertz CT molecular complexity index is 615. The molecule has 4 saturated carbocycles. The van der Waals surface area contributed by atoms with Gasteiger partial charge in [-0.15, -0.1) is 0 Å². The van der Waals surface area contributed by atoms with Crippen molar-refractivity contribution in [2.75, 3.05) is 0 Å². The van der Waals surface area contributed by atoms with Crippen molar-refractivity contribution in [1.29, 1.82) is 0 Å². The van der Waals surface area contributed by atoms with Gasteiger partial charge in [-0.1, -0.05) is 30.3 Å². The van der Waals surface area contributed by atoms with Gasteiger partial charge >= 0.3 is 0 Å². The van der Waals surface area contributed by atoms with Gasteiger partial charge in [0.05, 0.1) is 12.5 Å². The number of amides is 2. The van der Waals surface area contributed by atoms with E-state index in [0.717, 1.165) is 17.4 Å². The van der Waals surface area contributed by atoms with Crippen LogP contribution in [-0.4, -0.2) is 17.9 Å². The van der Waals surface area contributed by atoms with Crippen LogP contribution in [-0.2, 0) is 9.59 Å². The summed E-state index contributed by atoms with van der Waals surface area (Å²) in [5.74, 6) is 3.14. The molecule has 5 rings (SSSR count). The van der Waals surface area contributed by atoms with Gasteiger partial charge in [0.15, 0.2) is 0 Å². The molecule has 4 aliphatic rings. The van der Waals surface area contributed by atoms with Crippen LogP contribution in [0.2, 0.25) is 0 Å². The number of rotatable bonds is 5. The SMILES string of the molecule is CC(=O)N[C@@H](CC(=O)NC1C2CC3CC(C2)CC1C3)c1ccccc1. The average molecular weight is 340 g/mol. The third-order valence-electron chi connectivity index (χ3n) is 6.52. The van der Waals surface area contributed by atoms with Crippen molar-refractivity contribution in [3.63, 3.8) is 0 Å². The fraction of sp³-hybridized carbons (Fsp3) is 0.619. The van der Waals surface area contributed by atoms with Gasteiger partial charge < -0.3 is 10.6 Å². The van der Waals surface area contributed by atoms with Crippen LogP contribution in [0.25, 0.3) is 0 Å². The van der Waals surface area contributed by atoms with Gasteiger partial charge in [-0.2, -0.15) is 0 Å². The molecule has 0 spiro atoms. The largest absolute Gasteiger partial charge is 0.353 e. The van der Waals surface area contributed by atoms with E-state index in [4.69, 9.17) is 0 Å². The lowest BCUT2D eigenvalue weighted by atomic mass is 9.54. The van der Waals surface area contributed by atoms with Crippen molar-refractivity contribution in [3.05, 3.63) is 35.9 Å². The predicted octanol–water partition coefficient (Wildman–Crippen LogP) is 3.19. The highest BCUT2D eigenvalue weighted by atomic mass is 16.2. The highest BCUT2D eigenvalue weighted by molar-refractivity contribution is 5.79. The van der Waals surface area contributed by atoms with Crippen LogP contribution in [0.1, 0.15) is 57.1 Å². The smallest absolute Gasteiger partial charge is 0.222 e. The third kappa shape index (κ3) is 3.58. The van der Waals surface area contributed by atoms with Crippen LogP contribution < -0.4 is 10.6 Å². The fourth-order valence-corrected chi connectivity index (χ4v) is 5.77. The number of nitrogens with one attached hydrogen (secondary N) is 2. The van der Waals surface area contributed by atoms with Gasteiger partial charge in [-0.3, -0.25) is 9.59 Å². The van der Waals surface area contributed by atoms with E-state index in [1.54, 1.807) is 0 Å². The van der Waals surface area contributed by atoms with Crippen LogP contribution in [0.15, 0.2) is 30.3 Å². The molecule has 25 heavy (non-hydrogen) atoms. The number of carbonyl (C=O) groups is 2. The van der Waals surface area contributed by atoms with Gasteiger partial charge in [0.25, 0.3) is 0 Å². The minimum Gasteiger partial charge on any atom is -0.353 e. The lowest BCUT2D eigenvalue weighted by molar-refractivity contribution is -0.126. The van der Waals surface area contributed by atoms with E-state index in [0.29, 0.717) is 24.3 Å². The van der Waals surface area contributed by atoms with Crippen LogP contribution in [0, 0.1) is 23.7 Å². The van der Waals surface area contributed by atoms with Gasteiger partial charge in [0.2, 0.25) is 11.8 Å². The van der Waals surface area contributed by atoms with E-state index in [1.165, 1.54) is 39.0 Å². The van der Waals surface area contributed by atoms with Crippen molar-refractivity contribution in [3.8, 4) is 0 Å². The number of benzene rings is 1. The van der Waals surface area contributed by atoms with E-state index < -0.39 is 0 Å². The van der Waals surface area contributed by atoms with Gasteiger partial charge in [-0.05, 0) is 61.3 Å². The van der Waals surface area contributed by atoms with E-state index in [1.807, 2.05) is 30.3 Å². The second kappa shape index (κ2) is 6.81. The lowest BCUT2D eigenvalue weighted by Gasteiger charge is -2.54.